The van der Waals surface area contributed by atoms with Crippen LogP contribution in [0, 0.1) is 0 Å². The fourth-order valence-electron chi connectivity index (χ4n) is 3.13. The molecule has 7 heteroatoms. The minimum atomic E-state index is -0.310. The first kappa shape index (κ1) is 14.7. The molecule has 118 valence electrons. The van der Waals surface area contributed by atoms with Gasteiger partial charge >= 0.3 is 0 Å². The van der Waals surface area contributed by atoms with Crippen molar-refractivity contribution in [3.8, 4) is 0 Å². The molecule has 0 spiro atoms. The molecular weight excluding hydrogens is 280 g/mol. The highest BCUT2D eigenvalue weighted by atomic mass is 16.2. The monoisotopic (exact) mass is 302 g/mol. The van der Waals surface area contributed by atoms with Gasteiger partial charge < -0.3 is 9.47 Å². The van der Waals surface area contributed by atoms with E-state index in [1.807, 2.05) is 24.2 Å². The van der Waals surface area contributed by atoms with E-state index in [2.05, 4.69) is 26.6 Å². The van der Waals surface area contributed by atoms with Crippen LogP contribution < -0.4 is 0 Å². The molecule has 0 saturated carbocycles. The summed E-state index contributed by atoms with van der Waals surface area (Å²) >= 11 is 0. The predicted molar refractivity (Wildman–Crippen MR) is 81.2 cm³/mol. The first-order valence-electron chi connectivity index (χ1n) is 7.85. The van der Waals surface area contributed by atoms with Gasteiger partial charge in [-0.1, -0.05) is 6.92 Å². The van der Waals surface area contributed by atoms with Gasteiger partial charge in [-0.15, -0.1) is 0 Å². The topological polar surface area (TPSA) is 68.8 Å². The molecule has 0 radical (unpaired) electrons. The maximum atomic E-state index is 12.7. The van der Waals surface area contributed by atoms with Crippen LogP contribution in [0.4, 0.5) is 0 Å². The van der Waals surface area contributed by atoms with Crippen LogP contribution in [0.3, 0.4) is 0 Å². The maximum absolute atomic E-state index is 12.7. The maximum Gasteiger partial charge on any atom is 0.247 e. The Morgan fingerprint density at radius 2 is 2.36 bits per heavy atom. The molecule has 1 amide bonds. The zero-order valence-corrected chi connectivity index (χ0v) is 13.1. The van der Waals surface area contributed by atoms with E-state index in [1.54, 1.807) is 11.0 Å². The second kappa shape index (κ2) is 6.29. The SMILES string of the molecule is CCc1nccn1[C@H]1CCCN(C(=O)[C@H](C)n2cncn2)C1. The average Bonchev–Trinajstić information content (AvgIpc) is 3.24. The lowest BCUT2D eigenvalue weighted by Gasteiger charge is -2.35. The second-order valence-electron chi connectivity index (χ2n) is 5.74. The molecular formula is C15H22N6O. The molecule has 3 heterocycles. The summed E-state index contributed by atoms with van der Waals surface area (Å²) < 4.78 is 3.83. The van der Waals surface area contributed by atoms with E-state index in [4.69, 9.17) is 0 Å². The number of aryl methyl sites for hydroxylation is 1. The van der Waals surface area contributed by atoms with E-state index in [0.29, 0.717) is 6.04 Å². The summed E-state index contributed by atoms with van der Waals surface area (Å²) in [5.41, 5.74) is 0. The Hall–Kier alpha value is -2.18. The van der Waals surface area contributed by atoms with Gasteiger partial charge in [0, 0.05) is 31.9 Å². The van der Waals surface area contributed by atoms with Crippen LogP contribution in [0.2, 0.25) is 0 Å². The van der Waals surface area contributed by atoms with Gasteiger partial charge in [-0.05, 0) is 19.8 Å². The largest absolute Gasteiger partial charge is 0.339 e. The van der Waals surface area contributed by atoms with Crippen LogP contribution in [-0.2, 0) is 11.2 Å². The number of piperidine rings is 1. The lowest BCUT2D eigenvalue weighted by molar-refractivity contribution is -0.136. The van der Waals surface area contributed by atoms with Crippen molar-refractivity contribution in [3.05, 3.63) is 30.9 Å². The third-order valence-corrected chi connectivity index (χ3v) is 4.36. The number of rotatable bonds is 4. The highest BCUT2D eigenvalue weighted by molar-refractivity contribution is 5.80. The minimum Gasteiger partial charge on any atom is -0.339 e. The van der Waals surface area contributed by atoms with Gasteiger partial charge in [0.25, 0.3) is 0 Å². The highest BCUT2D eigenvalue weighted by Crippen LogP contribution is 2.24. The molecule has 22 heavy (non-hydrogen) atoms. The minimum absolute atomic E-state index is 0.105. The molecule has 0 aromatic carbocycles. The summed E-state index contributed by atoms with van der Waals surface area (Å²) in [6, 6.07) is 0.00720. The molecule has 0 N–H and O–H groups in total. The zero-order chi connectivity index (χ0) is 15.5. The molecule has 2 atom stereocenters. The van der Waals surface area contributed by atoms with E-state index in [-0.39, 0.29) is 11.9 Å². The Morgan fingerprint density at radius 1 is 1.50 bits per heavy atom. The van der Waals surface area contributed by atoms with Crippen molar-refractivity contribution >= 4 is 5.91 Å². The molecule has 0 aliphatic carbocycles. The molecule has 1 aliphatic heterocycles. The summed E-state index contributed by atoms with van der Waals surface area (Å²) in [6.07, 6.45) is 9.94. The van der Waals surface area contributed by atoms with E-state index in [9.17, 15) is 4.79 Å². The van der Waals surface area contributed by atoms with Crippen LogP contribution in [0.1, 0.15) is 44.6 Å². The van der Waals surface area contributed by atoms with Crippen LogP contribution >= 0.6 is 0 Å². The predicted octanol–water partition coefficient (Wildman–Crippen LogP) is 1.46. The molecule has 2 aromatic rings. The lowest BCUT2D eigenvalue weighted by atomic mass is 10.0. The normalized spacial score (nSPS) is 20.1. The molecule has 3 rings (SSSR count). The van der Waals surface area contributed by atoms with Crippen molar-refractivity contribution in [1.29, 1.82) is 0 Å². The van der Waals surface area contributed by atoms with Crippen LogP contribution in [0.5, 0.6) is 0 Å². The molecule has 7 nitrogen and oxygen atoms in total. The molecule has 1 saturated heterocycles. The summed E-state index contributed by atoms with van der Waals surface area (Å²) in [4.78, 5) is 22.9. The third kappa shape index (κ3) is 2.75. The number of carbonyl (C=O) groups is 1. The number of amides is 1. The number of nitrogens with zero attached hydrogens (tertiary/aromatic N) is 6. The number of hydrogen-bond donors (Lipinski definition) is 0. The van der Waals surface area contributed by atoms with Crippen molar-refractivity contribution < 1.29 is 4.79 Å². The number of aromatic nitrogens is 5. The van der Waals surface area contributed by atoms with Gasteiger partial charge in [-0.2, -0.15) is 5.10 Å². The van der Waals surface area contributed by atoms with E-state index in [0.717, 1.165) is 38.2 Å². The van der Waals surface area contributed by atoms with Crippen LogP contribution in [-0.4, -0.2) is 48.2 Å². The summed E-state index contributed by atoms with van der Waals surface area (Å²) in [7, 11) is 0. The van der Waals surface area contributed by atoms with Crippen LogP contribution in [0.15, 0.2) is 25.0 Å². The first-order chi connectivity index (χ1) is 10.7. The number of hydrogen-bond acceptors (Lipinski definition) is 4. The fourth-order valence-corrected chi connectivity index (χ4v) is 3.13. The van der Waals surface area contributed by atoms with E-state index < -0.39 is 0 Å². The van der Waals surface area contributed by atoms with Crippen LogP contribution in [0.25, 0.3) is 0 Å². The standard InChI is InChI=1S/C15H22N6O/c1-3-14-17-6-8-20(14)13-5-4-7-19(9-13)15(22)12(2)21-11-16-10-18-21/h6,8,10-13H,3-5,7,9H2,1-2H3/t12-,13-/m0/s1. The molecule has 1 aliphatic rings. The van der Waals surface area contributed by atoms with Crippen molar-refractivity contribution in [3.63, 3.8) is 0 Å². The average molecular weight is 302 g/mol. The first-order valence-corrected chi connectivity index (χ1v) is 7.85. The van der Waals surface area contributed by atoms with Gasteiger partial charge in [0.1, 0.15) is 24.5 Å². The van der Waals surface area contributed by atoms with Gasteiger partial charge in [-0.25, -0.2) is 14.6 Å². The van der Waals surface area contributed by atoms with Crippen molar-refractivity contribution in [2.24, 2.45) is 0 Å². The Balaban J connectivity index is 1.71. The van der Waals surface area contributed by atoms with Crippen molar-refractivity contribution in [2.75, 3.05) is 13.1 Å². The van der Waals surface area contributed by atoms with Gasteiger partial charge in [0.15, 0.2) is 0 Å². The quantitative estimate of drug-likeness (QED) is 0.857. The van der Waals surface area contributed by atoms with E-state index >= 15 is 0 Å². The summed E-state index contributed by atoms with van der Waals surface area (Å²) in [6.45, 7) is 5.53. The number of imidazole rings is 1. The summed E-state index contributed by atoms with van der Waals surface area (Å²) in [5, 5.41) is 4.07. The van der Waals surface area contributed by atoms with Crippen molar-refractivity contribution in [2.45, 2.75) is 45.2 Å². The number of likely N-dealkylation sites (tertiary alicyclic amines) is 1. The van der Waals surface area contributed by atoms with Gasteiger partial charge in [0.2, 0.25) is 5.91 Å². The van der Waals surface area contributed by atoms with Gasteiger partial charge in [-0.3, -0.25) is 4.79 Å². The molecule has 1 fully saturated rings. The molecule has 0 unspecified atom stereocenters. The number of carbonyl (C=O) groups excluding carboxylic acids is 1. The second-order valence-corrected chi connectivity index (χ2v) is 5.74. The van der Waals surface area contributed by atoms with Gasteiger partial charge in [0.05, 0.1) is 6.04 Å². The summed E-state index contributed by atoms with van der Waals surface area (Å²) in [5.74, 6) is 1.19. The Bertz CT molecular complexity index is 620. The van der Waals surface area contributed by atoms with E-state index in [1.165, 1.54) is 6.33 Å². The fraction of sp³-hybridized carbons (Fsp3) is 0.600. The molecule has 0 bridgehead atoms. The Kier molecular flexibility index (Phi) is 4.22. The zero-order valence-electron chi connectivity index (χ0n) is 13.1. The molecule has 2 aromatic heterocycles. The van der Waals surface area contributed by atoms with Crippen molar-refractivity contribution in [1.82, 2.24) is 29.2 Å². The Morgan fingerprint density at radius 3 is 3.09 bits per heavy atom. The third-order valence-electron chi connectivity index (χ3n) is 4.36. The smallest absolute Gasteiger partial charge is 0.247 e. The lowest BCUT2D eigenvalue weighted by Crippen LogP contribution is -2.43. The Labute approximate surface area is 130 Å². The highest BCUT2D eigenvalue weighted by Gasteiger charge is 2.29.